The quantitative estimate of drug-likeness (QED) is 0.148. The lowest BCUT2D eigenvalue weighted by Crippen LogP contribution is -2.29. The number of amides is 1. The molecule has 1 saturated heterocycles. The summed E-state index contributed by atoms with van der Waals surface area (Å²) >= 11 is 0. The Morgan fingerprint density at radius 1 is 1.05 bits per heavy atom. The lowest BCUT2D eigenvalue weighted by atomic mass is 10.1. The highest BCUT2D eigenvalue weighted by Crippen LogP contribution is 2.35. The molecule has 5 aromatic rings. The predicted octanol–water partition coefficient (Wildman–Crippen LogP) is 6.08. The second-order valence-corrected chi connectivity index (χ2v) is 17.0. The lowest BCUT2D eigenvalue weighted by molar-refractivity contribution is 0.0784. The molecule has 0 aliphatic carbocycles. The van der Waals surface area contributed by atoms with Gasteiger partial charge in [0.05, 0.1) is 11.8 Å². The molecule has 0 saturated carbocycles. The molecular formula is C29H28F3N7O3Si. The zero-order valence-corrected chi connectivity index (χ0v) is 24.7. The number of ether oxygens (including phenoxy) is 2. The Kier molecular flexibility index (Phi) is 7.48. The summed E-state index contributed by atoms with van der Waals surface area (Å²) in [4.78, 5) is 22.7. The zero-order chi connectivity index (χ0) is 30.3. The van der Waals surface area contributed by atoms with Gasteiger partial charge in [-0.2, -0.15) is 5.10 Å². The molecule has 1 fully saturated rings. The fraction of sp³-hybridized carbons (Fsp3) is 0.276. The van der Waals surface area contributed by atoms with E-state index < -0.39 is 37.7 Å². The molecule has 14 heteroatoms. The van der Waals surface area contributed by atoms with Crippen LogP contribution in [0.15, 0.2) is 61.2 Å². The highest BCUT2D eigenvalue weighted by molar-refractivity contribution is 6.76. The third kappa shape index (κ3) is 5.88. The normalized spacial score (nSPS) is 15.4. The van der Waals surface area contributed by atoms with Gasteiger partial charge in [-0.3, -0.25) is 4.90 Å². The molecule has 2 aromatic carbocycles. The van der Waals surface area contributed by atoms with Gasteiger partial charge in [-0.15, -0.1) is 5.10 Å². The molecule has 0 bridgehead atoms. The monoisotopic (exact) mass is 607 g/mol. The first-order valence-electron chi connectivity index (χ1n) is 13.6. The van der Waals surface area contributed by atoms with Gasteiger partial charge in [0.25, 0.3) is 0 Å². The molecule has 4 heterocycles. The van der Waals surface area contributed by atoms with E-state index in [0.717, 1.165) is 18.2 Å². The molecule has 222 valence electrons. The Morgan fingerprint density at radius 3 is 2.65 bits per heavy atom. The van der Waals surface area contributed by atoms with Crippen LogP contribution in [0.25, 0.3) is 28.2 Å². The maximum Gasteiger partial charge on any atom is 0.416 e. The van der Waals surface area contributed by atoms with Crippen LogP contribution in [0.1, 0.15) is 11.6 Å². The third-order valence-corrected chi connectivity index (χ3v) is 8.78. The summed E-state index contributed by atoms with van der Waals surface area (Å²) in [5, 5.41) is 8.65. The van der Waals surface area contributed by atoms with Crippen molar-refractivity contribution in [3.05, 3.63) is 84.2 Å². The van der Waals surface area contributed by atoms with Crippen LogP contribution in [0.3, 0.4) is 0 Å². The van der Waals surface area contributed by atoms with Gasteiger partial charge in [0.2, 0.25) is 0 Å². The first-order valence-corrected chi connectivity index (χ1v) is 17.3. The van der Waals surface area contributed by atoms with Gasteiger partial charge in [-0.1, -0.05) is 31.8 Å². The van der Waals surface area contributed by atoms with E-state index in [9.17, 15) is 13.6 Å². The zero-order valence-electron chi connectivity index (χ0n) is 23.7. The summed E-state index contributed by atoms with van der Waals surface area (Å²) in [5.74, 6) is -1.68. The molecule has 1 unspecified atom stereocenters. The number of aromatic nitrogens is 6. The fourth-order valence-corrected chi connectivity index (χ4v) is 5.51. The smallest absolute Gasteiger partial charge is 0.416 e. The summed E-state index contributed by atoms with van der Waals surface area (Å²) < 4.78 is 57.3. The first-order chi connectivity index (χ1) is 20.6. The molecule has 0 spiro atoms. The van der Waals surface area contributed by atoms with Crippen molar-refractivity contribution >= 4 is 25.6 Å². The summed E-state index contributed by atoms with van der Waals surface area (Å²) in [6.07, 6.45) is 3.89. The van der Waals surface area contributed by atoms with Crippen LogP contribution in [0.5, 0.6) is 0 Å². The van der Waals surface area contributed by atoms with Crippen LogP contribution in [0.2, 0.25) is 25.7 Å². The van der Waals surface area contributed by atoms with E-state index in [1.54, 1.807) is 18.3 Å². The molecule has 10 nitrogen and oxygen atoms in total. The summed E-state index contributed by atoms with van der Waals surface area (Å²) in [7, 11) is -1.21. The molecule has 3 aromatic heterocycles. The van der Waals surface area contributed by atoms with E-state index >= 15 is 4.39 Å². The average Bonchev–Trinajstić information content (AvgIpc) is 3.69. The number of halogens is 3. The second-order valence-electron chi connectivity index (χ2n) is 11.4. The highest BCUT2D eigenvalue weighted by Gasteiger charge is 2.38. The van der Waals surface area contributed by atoms with E-state index in [1.807, 2.05) is 0 Å². The standard InChI is InChI=1S/C29H28F3N7O3Si/c1-43(2,3)11-10-41-17-37-16-33-27(36-37)21-6-4-18(12-23(21)31)22-14-34-38-9-8-26(35-28(22)38)39-25(15-42-29(39)40)20-7-5-19(30)13-24(20)32/h4-9,12-14,16,25H,10-11,15,17H2,1-3H3. The minimum atomic E-state index is -1.21. The van der Waals surface area contributed by atoms with Crippen LogP contribution < -0.4 is 4.90 Å². The Bertz CT molecular complexity index is 1820. The van der Waals surface area contributed by atoms with Crippen molar-refractivity contribution in [2.24, 2.45) is 0 Å². The minimum Gasteiger partial charge on any atom is -0.447 e. The summed E-state index contributed by atoms with van der Waals surface area (Å²) in [6.45, 7) is 7.54. The van der Waals surface area contributed by atoms with Crippen molar-refractivity contribution in [2.45, 2.75) is 38.5 Å². The average molecular weight is 608 g/mol. The van der Waals surface area contributed by atoms with Crippen LogP contribution in [-0.4, -0.2) is 56.7 Å². The van der Waals surface area contributed by atoms with Crippen molar-refractivity contribution in [1.29, 1.82) is 0 Å². The van der Waals surface area contributed by atoms with E-state index in [4.69, 9.17) is 9.47 Å². The molecule has 0 N–H and O–H groups in total. The van der Waals surface area contributed by atoms with Gasteiger partial charge in [0.15, 0.2) is 11.5 Å². The molecule has 6 rings (SSSR count). The maximum absolute atomic E-state index is 15.4. The molecule has 1 amide bonds. The van der Waals surface area contributed by atoms with Crippen LogP contribution in [-0.2, 0) is 16.2 Å². The van der Waals surface area contributed by atoms with Gasteiger partial charge in [-0.25, -0.2) is 37.1 Å². The van der Waals surface area contributed by atoms with E-state index in [0.29, 0.717) is 23.4 Å². The number of hydrogen-bond donors (Lipinski definition) is 0. The second kappa shape index (κ2) is 11.3. The van der Waals surface area contributed by atoms with Crippen molar-refractivity contribution in [3.8, 4) is 22.5 Å². The van der Waals surface area contributed by atoms with Crippen LogP contribution in [0.4, 0.5) is 23.8 Å². The number of benzene rings is 2. The van der Waals surface area contributed by atoms with Gasteiger partial charge < -0.3 is 9.47 Å². The van der Waals surface area contributed by atoms with Crippen molar-refractivity contribution in [1.82, 2.24) is 29.4 Å². The number of fused-ring (bicyclic) bond motifs is 1. The molecule has 0 radical (unpaired) electrons. The molecule has 1 atom stereocenters. The largest absolute Gasteiger partial charge is 0.447 e. The van der Waals surface area contributed by atoms with Crippen molar-refractivity contribution in [2.75, 3.05) is 18.1 Å². The van der Waals surface area contributed by atoms with Gasteiger partial charge in [0.1, 0.15) is 49.0 Å². The number of cyclic esters (lactones) is 1. The predicted molar refractivity (Wildman–Crippen MR) is 154 cm³/mol. The number of rotatable bonds is 9. The number of nitrogens with zero attached hydrogens (tertiary/aromatic N) is 7. The topological polar surface area (TPSA) is 99.7 Å². The SMILES string of the molecule is C[Si](C)(C)CCOCn1cnc(-c2ccc(-c3cnn4ccc(N5C(=O)OCC5c5ccc(F)cc5F)nc34)cc2F)n1. The van der Waals surface area contributed by atoms with Gasteiger partial charge >= 0.3 is 6.09 Å². The Balaban J connectivity index is 1.25. The van der Waals surface area contributed by atoms with E-state index in [2.05, 4.69) is 39.8 Å². The molecule has 1 aliphatic heterocycles. The van der Waals surface area contributed by atoms with Crippen LogP contribution in [0, 0.1) is 17.5 Å². The Labute approximate surface area is 245 Å². The summed E-state index contributed by atoms with van der Waals surface area (Å²) in [5.41, 5.74) is 1.63. The maximum atomic E-state index is 15.4. The first kappa shape index (κ1) is 28.6. The van der Waals surface area contributed by atoms with Gasteiger partial charge in [-0.05, 0) is 35.9 Å². The Morgan fingerprint density at radius 2 is 1.88 bits per heavy atom. The number of hydrogen-bond acceptors (Lipinski definition) is 7. The van der Waals surface area contributed by atoms with Gasteiger partial charge in [0, 0.05) is 38.1 Å². The molecule has 1 aliphatic rings. The fourth-order valence-electron chi connectivity index (χ4n) is 4.75. The highest BCUT2D eigenvalue weighted by atomic mass is 28.3. The van der Waals surface area contributed by atoms with Crippen molar-refractivity contribution < 1.29 is 27.4 Å². The van der Waals surface area contributed by atoms with E-state index in [-0.39, 0.29) is 36.1 Å². The number of carbonyl (C=O) groups excluding carboxylic acids is 1. The van der Waals surface area contributed by atoms with Crippen LogP contribution >= 0.6 is 0 Å². The molecule has 43 heavy (non-hydrogen) atoms. The summed E-state index contributed by atoms with van der Waals surface area (Å²) in [6, 6.07) is 9.47. The minimum absolute atomic E-state index is 0.0921. The number of carbonyl (C=O) groups is 1. The van der Waals surface area contributed by atoms with E-state index in [1.165, 1.54) is 44.8 Å². The van der Waals surface area contributed by atoms with Crippen molar-refractivity contribution in [3.63, 3.8) is 0 Å². The lowest BCUT2D eigenvalue weighted by Gasteiger charge is -2.21. The Hall–Kier alpha value is -4.56. The number of anilines is 1. The molecular weight excluding hydrogens is 579 g/mol. The third-order valence-electron chi connectivity index (χ3n) is 7.07.